The number of ether oxygens (including phenoxy) is 1. The zero-order valence-electron chi connectivity index (χ0n) is 12.6. The number of likely N-dealkylation sites (tertiary alicyclic amines) is 1. The van der Waals surface area contributed by atoms with Gasteiger partial charge >= 0.3 is 0 Å². The van der Waals surface area contributed by atoms with Crippen molar-refractivity contribution < 1.29 is 4.74 Å². The summed E-state index contributed by atoms with van der Waals surface area (Å²) in [7, 11) is 1.78. The van der Waals surface area contributed by atoms with Crippen LogP contribution in [0.25, 0.3) is 0 Å². The molecule has 21 heavy (non-hydrogen) atoms. The van der Waals surface area contributed by atoms with E-state index in [1.165, 1.54) is 5.69 Å². The lowest BCUT2D eigenvalue weighted by Gasteiger charge is -2.22. The van der Waals surface area contributed by atoms with Gasteiger partial charge in [0.1, 0.15) is 12.2 Å². The maximum absolute atomic E-state index is 5.53. The van der Waals surface area contributed by atoms with Crippen LogP contribution in [0.5, 0.6) is 0 Å². The van der Waals surface area contributed by atoms with Gasteiger partial charge in [-0.25, -0.2) is 4.98 Å². The molecular formula is C14H22N6O. The Morgan fingerprint density at radius 3 is 3.10 bits per heavy atom. The van der Waals surface area contributed by atoms with E-state index in [1.54, 1.807) is 13.4 Å². The molecule has 3 rings (SSSR count). The first-order valence-corrected chi connectivity index (χ1v) is 7.44. The monoisotopic (exact) mass is 290 g/mol. The van der Waals surface area contributed by atoms with Gasteiger partial charge in [-0.05, 0) is 19.4 Å². The number of H-pyrrole nitrogens is 1. The zero-order valence-corrected chi connectivity index (χ0v) is 12.6. The predicted octanol–water partition coefficient (Wildman–Crippen LogP) is 1.03. The average Bonchev–Trinajstić information content (AvgIpc) is 3.23. The second-order valence-corrected chi connectivity index (χ2v) is 5.36. The molecule has 1 aliphatic rings. The molecule has 0 unspecified atom stereocenters. The van der Waals surface area contributed by atoms with E-state index < -0.39 is 0 Å². The van der Waals surface area contributed by atoms with Crippen LogP contribution in [0.2, 0.25) is 0 Å². The van der Waals surface area contributed by atoms with Crippen LogP contribution < -0.4 is 0 Å². The molecule has 2 aromatic heterocycles. The molecule has 1 saturated heterocycles. The molecule has 0 aromatic carbocycles. The van der Waals surface area contributed by atoms with Crippen molar-refractivity contribution in [3.05, 3.63) is 30.1 Å². The minimum atomic E-state index is 0.260. The van der Waals surface area contributed by atoms with Crippen LogP contribution in [0, 0.1) is 0 Å². The van der Waals surface area contributed by atoms with Gasteiger partial charge in [-0.3, -0.25) is 14.7 Å². The van der Waals surface area contributed by atoms with Gasteiger partial charge in [-0.1, -0.05) is 0 Å². The van der Waals surface area contributed by atoms with Gasteiger partial charge in [0.15, 0.2) is 0 Å². The van der Waals surface area contributed by atoms with Crippen molar-refractivity contribution in [3.8, 4) is 0 Å². The Bertz CT molecular complexity index is 552. The van der Waals surface area contributed by atoms with Crippen molar-refractivity contribution in [3.63, 3.8) is 0 Å². The van der Waals surface area contributed by atoms with Crippen molar-refractivity contribution in [1.82, 2.24) is 29.9 Å². The second-order valence-electron chi connectivity index (χ2n) is 5.36. The number of aromatic nitrogens is 5. The van der Waals surface area contributed by atoms with E-state index >= 15 is 0 Å². The highest BCUT2D eigenvalue weighted by atomic mass is 16.5. The molecule has 0 bridgehead atoms. The minimum absolute atomic E-state index is 0.260. The van der Waals surface area contributed by atoms with Crippen LogP contribution in [0.4, 0.5) is 0 Å². The number of aryl methyl sites for hydroxylation is 1. The number of rotatable bonds is 6. The van der Waals surface area contributed by atoms with E-state index in [4.69, 9.17) is 4.74 Å². The Morgan fingerprint density at radius 1 is 1.48 bits per heavy atom. The third-order valence-electron chi connectivity index (χ3n) is 4.21. The van der Waals surface area contributed by atoms with Gasteiger partial charge in [0.05, 0.1) is 12.1 Å². The lowest BCUT2D eigenvalue weighted by molar-refractivity contribution is 0.108. The summed E-state index contributed by atoms with van der Waals surface area (Å²) >= 11 is 0. The number of nitrogens with one attached hydrogen (secondary N) is 1. The normalized spacial score (nSPS) is 23.0. The number of hydrogen-bond acceptors (Lipinski definition) is 5. The molecule has 1 fully saturated rings. The van der Waals surface area contributed by atoms with Crippen molar-refractivity contribution in [2.45, 2.75) is 38.5 Å². The molecule has 0 spiro atoms. The van der Waals surface area contributed by atoms with Gasteiger partial charge in [-0.2, -0.15) is 10.2 Å². The molecule has 2 aromatic rings. The molecule has 0 amide bonds. The molecule has 3 heterocycles. The number of hydrogen-bond donors (Lipinski definition) is 1. The predicted molar refractivity (Wildman–Crippen MR) is 77.7 cm³/mol. The van der Waals surface area contributed by atoms with Crippen LogP contribution in [0.1, 0.15) is 30.9 Å². The lowest BCUT2D eigenvalue weighted by atomic mass is 10.2. The van der Waals surface area contributed by atoms with Crippen LogP contribution in [-0.4, -0.2) is 56.2 Å². The Balaban J connectivity index is 1.67. The molecule has 0 aliphatic carbocycles. The summed E-state index contributed by atoms with van der Waals surface area (Å²) in [4.78, 5) is 6.73. The SMILES string of the molecule is CCn1nccc1CCN1C[C@H](OC)C[C@H]1c1ncn[nH]1. The van der Waals surface area contributed by atoms with E-state index in [-0.39, 0.29) is 12.1 Å². The summed E-state index contributed by atoms with van der Waals surface area (Å²) in [5.41, 5.74) is 1.27. The molecule has 7 nitrogen and oxygen atoms in total. The van der Waals surface area contributed by atoms with Crippen molar-refractivity contribution in [1.29, 1.82) is 0 Å². The summed E-state index contributed by atoms with van der Waals surface area (Å²) in [6.07, 6.45) is 5.64. The van der Waals surface area contributed by atoms with Gasteiger partial charge < -0.3 is 4.74 Å². The van der Waals surface area contributed by atoms with Crippen molar-refractivity contribution in [2.75, 3.05) is 20.2 Å². The standard InChI is InChI=1S/C14H22N6O/c1-3-20-11(4-6-17-20)5-7-19-9-12(21-2)8-13(19)14-15-10-16-18-14/h4,6,10,12-13H,3,5,7-9H2,1-2H3,(H,15,16,18)/t12-,13+/m1/s1. The Morgan fingerprint density at radius 2 is 2.38 bits per heavy atom. The quantitative estimate of drug-likeness (QED) is 0.860. The van der Waals surface area contributed by atoms with E-state index in [0.717, 1.165) is 38.3 Å². The van der Waals surface area contributed by atoms with Gasteiger partial charge in [0, 0.05) is 45.1 Å². The molecule has 0 radical (unpaired) electrons. The third-order valence-corrected chi connectivity index (χ3v) is 4.21. The van der Waals surface area contributed by atoms with E-state index in [9.17, 15) is 0 Å². The number of nitrogens with zero attached hydrogens (tertiary/aromatic N) is 5. The molecule has 1 N–H and O–H groups in total. The summed E-state index contributed by atoms with van der Waals surface area (Å²) in [6, 6.07) is 2.35. The molecular weight excluding hydrogens is 268 g/mol. The summed E-state index contributed by atoms with van der Waals surface area (Å²) in [5, 5.41) is 11.3. The Kier molecular flexibility index (Phi) is 4.31. The highest BCUT2D eigenvalue weighted by Gasteiger charge is 2.34. The number of aromatic amines is 1. The molecule has 7 heteroatoms. The Hall–Kier alpha value is -1.73. The highest BCUT2D eigenvalue weighted by Crippen LogP contribution is 2.31. The first kappa shape index (κ1) is 14.2. The van der Waals surface area contributed by atoms with Crippen molar-refractivity contribution in [2.24, 2.45) is 0 Å². The smallest absolute Gasteiger partial charge is 0.141 e. The van der Waals surface area contributed by atoms with Crippen molar-refractivity contribution >= 4 is 0 Å². The molecule has 114 valence electrons. The summed E-state index contributed by atoms with van der Waals surface area (Å²) < 4.78 is 7.58. The molecule has 0 saturated carbocycles. The largest absolute Gasteiger partial charge is 0.380 e. The summed E-state index contributed by atoms with van der Waals surface area (Å²) in [5.74, 6) is 0.929. The van der Waals surface area contributed by atoms with Gasteiger partial charge in [-0.15, -0.1) is 0 Å². The minimum Gasteiger partial charge on any atom is -0.380 e. The first-order chi connectivity index (χ1) is 10.3. The van der Waals surface area contributed by atoms with Gasteiger partial charge in [0.25, 0.3) is 0 Å². The average molecular weight is 290 g/mol. The highest BCUT2D eigenvalue weighted by molar-refractivity contribution is 5.04. The van der Waals surface area contributed by atoms with E-state index in [0.29, 0.717) is 0 Å². The zero-order chi connectivity index (χ0) is 14.7. The van der Waals surface area contributed by atoms with Crippen LogP contribution in [0.15, 0.2) is 18.6 Å². The fraction of sp³-hybridized carbons (Fsp3) is 0.643. The van der Waals surface area contributed by atoms with Gasteiger partial charge in [0.2, 0.25) is 0 Å². The van der Waals surface area contributed by atoms with Crippen LogP contribution >= 0.6 is 0 Å². The van der Waals surface area contributed by atoms with E-state index in [1.807, 2.05) is 10.9 Å². The van der Waals surface area contributed by atoms with Crippen LogP contribution in [-0.2, 0) is 17.7 Å². The second kappa shape index (κ2) is 6.36. The lowest BCUT2D eigenvalue weighted by Crippen LogP contribution is -2.28. The molecule has 2 atom stereocenters. The molecule has 1 aliphatic heterocycles. The third kappa shape index (κ3) is 2.98. The Labute approximate surface area is 124 Å². The van der Waals surface area contributed by atoms with E-state index in [2.05, 4.69) is 38.2 Å². The summed E-state index contributed by atoms with van der Waals surface area (Å²) in [6.45, 7) is 4.93. The maximum atomic E-state index is 5.53. The van der Waals surface area contributed by atoms with Crippen LogP contribution in [0.3, 0.4) is 0 Å². The first-order valence-electron chi connectivity index (χ1n) is 7.44. The fourth-order valence-electron chi connectivity index (χ4n) is 3.05. The maximum Gasteiger partial charge on any atom is 0.141 e. The topological polar surface area (TPSA) is 71.9 Å². The fourth-order valence-corrected chi connectivity index (χ4v) is 3.05. The number of methoxy groups -OCH3 is 1.